The summed E-state index contributed by atoms with van der Waals surface area (Å²) in [6.07, 6.45) is 4.34. The molecule has 7 heteroatoms. The van der Waals surface area contributed by atoms with Gasteiger partial charge in [-0.05, 0) is 60.9 Å². The van der Waals surface area contributed by atoms with Gasteiger partial charge in [-0.3, -0.25) is 4.90 Å². The van der Waals surface area contributed by atoms with E-state index in [2.05, 4.69) is 26.1 Å². The minimum absolute atomic E-state index is 0.0362. The summed E-state index contributed by atoms with van der Waals surface area (Å²) in [5.74, 6) is 1.29. The molecule has 0 atom stereocenters. The minimum Gasteiger partial charge on any atom is -0.378 e. The number of rotatable bonds is 6. The molecule has 3 heterocycles. The third-order valence-corrected chi connectivity index (χ3v) is 6.61. The zero-order chi connectivity index (χ0) is 19.8. The first-order chi connectivity index (χ1) is 14.2. The lowest BCUT2D eigenvalue weighted by Gasteiger charge is -2.45. The zero-order valence-electron chi connectivity index (χ0n) is 16.4. The maximum absolute atomic E-state index is 14.5. The maximum Gasteiger partial charge on any atom is 0.151 e. The van der Waals surface area contributed by atoms with Crippen molar-refractivity contribution in [2.45, 2.75) is 50.2 Å². The van der Waals surface area contributed by atoms with Crippen LogP contribution in [0, 0.1) is 5.82 Å². The predicted molar refractivity (Wildman–Crippen MR) is 111 cm³/mol. The molecule has 0 spiro atoms. The Labute approximate surface area is 175 Å². The molecule has 0 unspecified atom stereocenters. The Hall–Kier alpha value is -1.76. The van der Waals surface area contributed by atoms with Gasteiger partial charge in [-0.2, -0.15) is 0 Å². The van der Waals surface area contributed by atoms with Crippen molar-refractivity contribution in [1.82, 2.24) is 15.1 Å². The van der Waals surface area contributed by atoms with Crippen molar-refractivity contribution in [1.29, 1.82) is 0 Å². The lowest BCUT2D eigenvalue weighted by molar-refractivity contribution is -0.0860. The summed E-state index contributed by atoms with van der Waals surface area (Å²) in [6.45, 7) is 4.18. The summed E-state index contributed by atoms with van der Waals surface area (Å²) in [7, 11) is 0. The number of benzene rings is 1. The van der Waals surface area contributed by atoms with Crippen molar-refractivity contribution in [2.75, 3.05) is 31.2 Å². The summed E-state index contributed by atoms with van der Waals surface area (Å²) in [6, 6.07) is 10.5. The maximum atomic E-state index is 14.5. The van der Waals surface area contributed by atoms with Gasteiger partial charge in [-0.1, -0.05) is 23.7 Å². The molecule has 0 bridgehead atoms. The minimum atomic E-state index is -0.0362. The normalized spacial score (nSPS) is 20.9. The van der Waals surface area contributed by atoms with Gasteiger partial charge < -0.3 is 9.64 Å². The van der Waals surface area contributed by atoms with Crippen molar-refractivity contribution in [2.24, 2.45) is 0 Å². The number of halogens is 2. The number of nitrogens with zero attached hydrogens (tertiary/aromatic N) is 4. The van der Waals surface area contributed by atoms with Gasteiger partial charge in [-0.25, -0.2) is 4.39 Å². The van der Waals surface area contributed by atoms with E-state index in [4.69, 9.17) is 16.3 Å². The molecule has 154 valence electrons. The number of anilines is 1. The second-order valence-electron chi connectivity index (χ2n) is 8.43. The molecule has 2 aliphatic heterocycles. The van der Waals surface area contributed by atoms with E-state index in [1.807, 2.05) is 12.1 Å². The van der Waals surface area contributed by atoms with Gasteiger partial charge in [0.1, 0.15) is 5.82 Å². The van der Waals surface area contributed by atoms with E-state index < -0.39 is 0 Å². The Kier molecular flexibility index (Phi) is 5.41. The van der Waals surface area contributed by atoms with Crippen LogP contribution in [0.5, 0.6) is 0 Å². The molecule has 29 heavy (non-hydrogen) atoms. The van der Waals surface area contributed by atoms with Gasteiger partial charge in [0.15, 0.2) is 11.0 Å². The molecule has 5 rings (SSSR count). The van der Waals surface area contributed by atoms with E-state index in [1.54, 1.807) is 12.1 Å². The molecule has 1 saturated carbocycles. The van der Waals surface area contributed by atoms with E-state index >= 15 is 0 Å². The lowest BCUT2D eigenvalue weighted by atomic mass is 9.98. The van der Waals surface area contributed by atoms with Gasteiger partial charge in [-0.15, -0.1) is 10.2 Å². The van der Waals surface area contributed by atoms with Crippen molar-refractivity contribution < 1.29 is 9.13 Å². The summed E-state index contributed by atoms with van der Waals surface area (Å²) in [4.78, 5) is 4.79. The molecular weight excluding hydrogens is 391 g/mol. The van der Waals surface area contributed by atoms with Gasteiger partial charge >= 0.3 is 0 Å². The number of hydrogen-bond acceptors (Lipinski definition) is 5. The van der Waals surface area contributed by atoms with Gasteiger partial charge in [0.25, 0.3) is 0 Å². The first-order valence-electron chi connectivity index (χ1n) is 10.5. The smallest absolute Gasteiger partial charge is 0.151 e. The Morgan fingerprint density at radius 3 is 2.41 bits per heavy atom. The van der Waals surface area contributed by atoms with Crippen LogP contribution >= 0.6 is 11.6 Å². The lowest BCUT2D eigenvalue weighted by Crippen LogP contribution is -2.55. The highest BCUT2D eigenvalue weighted by atomic mass is 35.5. The molecule has 1 aromatic carbocycles. The van der Waals surface area contributed by atoms with Crippen molar-refractivity contribution in [3.8, 4) is 0 Å². The summed E-state index contributed by atoms with van der Waals surface area (Å²) >= 11 is 5.85. The molecule has 3 aliphatic rings. The molecule has 2 saturated heterocycles. The number of piperidine rings is 1. The summed E-state index contributed by atoms with van der Waals surface area (Å²) in [5.41, 5.74) is 1.95. The molecule has 2 aromatic rings. The Bertz CT molecular complexity index is 848. The van der Waals surface area contributed by atoms with Gasteiger partial charge in [0, 0.05) is 25.7 Å². The third kappa shape index (κ3) is 4.25. The van der Waals surface area contributed by atoms with Crippen molar-refractivity contribution in [3.63, 3.8) is 0 Å². The summed E-state index contributed by atoms with van der Waals surface area (Å²) in [5, 5.41) is 8.58. The van der Waals surface area contributed by atoms with Crippen molar-refractivity contribution >= 4 is 17.4 Å². The quantitative estimate of drug-likeness (QED) is 0.711. The predicted octanol–water partition coefficient (Wildman–Crippen LogP) is 4.02. The largest absolute Gasteiger partial charge is 0.378 e. The first-order valence-corrected chi connectivity index (χ1v) is 10.9. The van der Waals surface area contributed by atoms with E-state index in [1.165, 1.54) is 0 Å². The molecule has 5 nitrogen and oxygen atoms in total. The van der Waals surface area contributed by atoms with Crippen LogP contribution in [-0.2, 0) is 11.3 Å². The highest BCUT2D eigenvalue weighted by molar-refractivity contribution is 6.29. The number of hydrogen-bond donors (Lipinski definition) is 0. The molecule has 1 aliphatic carbocycles. The Balaban J connectivity index is 1.25. The average Bonchev–Trinajstić information content (AvgIpc) is 3.52. The van der Waals surface area contributed by atoms with E-state index in [0.717, 1.165) is 75.5 Å². The van der Waals surface area contributed by atoms with Gasteiger partial charge in [0.2, 0.25) is 0 Å². The highest BCUT2D eigenvalue weighted by Crippen LogP contribution is 2.41. The second kappa shape index (κ2) is 8.17. The SMILES string of the molecule is Fc1cc(CN(C2CCN(c3ccc(Cl)nn3)CC2)C2COC2)ccc1C1CC1. The Morgan fingerprint density at radius 2 is 1.83 bits per heavy atom. The van der Waals surface area contributed by atoms with Crippen LogP contribution < -0.4 is 4.90 Å². The van der Waals surface area contributed by atoms with Gasteiger partial charge in [0.05, 0.1) is 19.3 Å². The van der Waals surface area contributed by atoms with Crippen LogP contribution in [0.2, 0.25) is 5.15 Å². The molecule has 0 radical (unpaired) electrons. The average molecular weight is 417 g/mol. The fourth-order valence-electron chi connectivity index (χ4n) is 4.48. The van der Waals surface area contributed by atoms with Crippen LogP contribution in [0.25, 0.3) is 0 Å². The fraction of sp³-hybridized carbons (Fsp3) is 0.545. The van der Waals surface area contributed by atoms with E-state index in [0.29, 0.717) is 23.2 Å². The topological polar surface area (TPSA) is 41.5 Å². The van der Waals surface area contributed by atoms with E-state index in [-0.39, 0.29) is 5.82 Å². The highest BCUT2D eigenvalue weighted by Gasteiger charge is 2.34. The molecule has 0 N–H and O–H groups in total. The van der Waals surface area contributed by atoms with Crippen LogP contribution in [0.15, 0.2) is 30.3 Å². The molecule has 0 amide bonds. The summed E-state index contributed by atoms with van der Waals surface area (Å²) < 4.78 is 20.0. The van der Waals surface area contributed by atoms with Crippen molar-refractivity contribution in [3.05, 3.63) is 52.4 Å². The zero-order valence-corrected chi connectivity index (χ0v) is 17.2. The molecule has 3 fully saturated rings. The van der Waals surface area contributed by atoms with Crippen LogP contribution in [0.3, 0.4) is 0 Å². The molecule has 1 aromatic heterocycles. The number of ether oxygens (including phenoxy) is 1. The standard InChI is InChI=1S/C22H26ClFN4O/c23-21-5-6-22(26-25-21)27-9-7-17(8-10-27)28(18-13-29-14-18)12-15-1-4-19(16-2-3-16)20(24)11-15/h1,4-6,11,16-18H,2-3,7-10,12-14H2. The van der Waals surface area contributed by atoms with Crippen LogP contribution in [-0.4, -0.2) is 53.5 Å². The molecular formula is C22H26ClFN4O. The van der Waals surface area contributed by atoms with Crippen LogP contribution in [0.1, 0.15) is 42.7 Å². The van der Waals surface area contributed by atoms with Crippen LogP contribution in [0.4, 0.5) is 10.2 Å². The Morgan fingerprint density at radius 1 is 1.03 bits per heavy atom. The van der Waals surface area contributed by atoms with E-state index in [9.17, 15) is 4.39 Å². The number of aromatic nitrogens is 2. The monoisotopic (exact) mass is 416 g/mol. The fourth-order valence-corrected chi connectivity index (χ4v) is 4.58. The second-order valence-corrected chi connectivity index (χ2v) is 8.81. The third-order valence-electron chi connectivity index (χ3n) is 6.41. The first kappa shape index (κ1) is 19.2.